The van der Waals surface area contributed by atoms with Crippen LogP contribution >= 0.6 is 38.9 Å². The molecule has 1 amide bonds. The second-order valence-corrected chi connectivity index (χ2v) is 6.86. The van der Waals surface area contributed by atoms with Crippen molar-refractivity contribution in [3.8, 4) is 0 Å². The first-order valence-electron chi connectivity index (χ1n) is 5.51. The van der Waals surface area contributed by atoms with Crippen molar-refractivity contribution < 1.29 is 13.6 Å². The number of nitrogens with zero attached hydrogens (tertiary/aromatic N) is 1. The highest BCUT2D eigenvalue weighted by Gasteiger charge is 2.19. The topological polar surface area (TPSA) is 20.3 Å². The first kappa shape index (κ1) is 15.4. The van der Waals surface area contributed by atoms with Gasteiger partial charge in [-0.15, -0.1) is 11.3 Å². The molecule has 0 spiro atoms. The van der Waals surface area contributed by atoms with Gasteiger partial charge in [0.2, 0.25) is 0 Å². The molecular weight excluding hydrogens is 372 g/mol. The molecular formula is C13H9BrClF2NOS. The molecule has 2 aromatic rings. The Morgan fingerprint density at radius 1 is 1.35 bits per heavy atom. The van der Waals surface area contributed by atoms with Crippen molar-refractivity contribution in [1.82, 2.24) is 4.90 Å². The Labute approximate surface area is 132 Å². The Morgan fingerprint density at radius 3 is 2.65 bits per heavy atom. The van der Waals surface area contributed by atoms with E-state index < -0.39 is 17.5 Å². The molecule has 0 fully saturated rings. The van der Waals surface area contributed by atoms with E-state index in [1.54, 1.807) is 0 Å². The standard InChI is InChI=1S/C13H9BrClF2NOS/c1-18(5-7-2-12(14)20-6-7)13(19)8-3-11(17)9(15)4-10(8)16/h2-4,6H,5H2,1H3. The molecule has 0 bridgehead atoms. The number of rotatable bonds is 3. The highest BCUT2D eigenvalue weighted by molar-refractivity contribution is 9.11. The third-order valence-corrected chi connectivity index (χ3v) is 4.47. The normalized spacial score (nSPS) is 10.7. The summed E-state index contributed by atoms with van der Waals surface area (Å²) in [4.78, 5) is 13.4. The SMILES string of the molecule is CN(Cc1csc(Br)c1)C(=O)c1cc(F)c(Cl)cc1F. The van der Waals surface area contributed by atoms with E-state index in [1.165, 1.54) is 23.3 Å². The van der Waals surface area contributed by atoms with Crippen molar-refractivity contribution in [2.24, 2.45) is 0 Å². The summed E-state index contributed by atoms with van der Waals surface area (Å²) in [6.07, 6.45) is 0. The van der Waals surface area contributed by atoms with Gasteiger partial charge in [-0.1, -0.05) is 11.6 Å². The highest BCUT2D eigenvalue weighted by atomic mass is 79.9. The molecule has 0 aliphatic carbocycles. The molecule has 0 aliphatic rings. The molecule has 1 aromatic heterocycles. The number of amides is 1. The molecule has 0 atom stereocenters. The van der Waals surface area contributed by atoms with Gasteiger partial charge in [0.1, 0.15) is 11.6 Å². The van der Waals surface area contributed by atoms with E-state index in [4.69, 9.17) is 11.6 Å². The number of thiophene rings is 1. The van der Waals surface area contributed by atoms with Crippen LogP contribution in [0, 0.1) is 11.6 Å². The Kier molecular flexibility index (Phi) is 4.78. The maximum Gasteiger partial charge on any atom is 0.256 e. The van der Waals surface area contributed by atoms with E-state index in [9.17, 15) is 13.6 Å². The lowest BCUT2D eigenvalue weighted by molar-refractivity contribution is 0.0780. The predicted octanol–water partition coefficient (Wildman–Crippen LogP) is 4.71. The van der Waals surface area contributed by atoms with Gasteiger partial charge in [0.25, 0.3) is 5.91 Å². The lowest BCUT2D eigenvalue weighted by atomic mass is 10.1. The zero-order valence-corrected chi connectivity index (χ0v) is 13.5. The Bertz CT molecular complexity index is 662. The first-order valence-corrected chi connectivity index (χ1v) is 7.56. The van der Waals surface area contributed by atoms with E-state index in [0.717, 1.165) is 21.5 Å². The van der Waals surface area contributed by atoms with Gasteiger partial charge in [0.05, 0.1) is 14.4 Å². The fourth-order valence-corrected chi connectivity index (χ4v) is 3.02. The van der Waals surface area contributed by atoms with Gasteiger partial charge < -0.3 is 4.90 Å². The Morgan fingerprint density at radius 2 is 2.05 bits per heavy atom. The van der Waals surface area contributed by atoms with Crippen molar-refractivity contribution in [2.45, 2.75) is 6.54 Å². The average molecular weight is 381 g/mol. The van der Waals surface area contributed by atoms with Gasteiger partial charge in [-0.3, -0.25) is 4.79 Å². The van der Waals surface area contributed by atoms with E-state index in [1.807, 2.05) is 11.4 Å². The Balaban J connectivity index is 2.20. The first-order chi connectivity index (χ1) is 9.38. The van der Waals surface area contributed by atoms with Crippen LogP contribution in [0.1, 0.15) is 15.9 Å². The van der Waals surface area contributed by atoms with Crippen LogP contribution in [0.25, 0.3) is 0 Å². The van der Waals surface area contributed by atoms with Crippen LogP contribution in [0.2, 0.25) is 5.02 Å². The quantitative estimate of drug-likeness (QED) is 0.706. The van der Waals surface area contributed by atoms with Gasteiger partial charge in [-0.25, -0.2) is 8.78 Å². The number of halogens is 4. The van der Waals surface area contributed by atoms with Crippen molar-refractivity contribution in [2.75, 3.05) is 7.05 Å². The fraction of sp³-hybridized carbons (Fsp3) is 0.154. The van der Waals surface area contributed by atoms with E-state index in [-0.39, 0.29) is 10.6 Å². The molecule has 0 saturated heterocycles. The molecule has 0 aliphatic heterocycles. The summed E-state index contributed by atoms with van der Waals surface area (Å²) in [6.45, 7) is 0.310. The minimum atomic E-state index is -0.834. The lowest BCUT2D eigenvalue weighted by Gasteiger charge is -2.17. The number of benzene rings is 1. The monoisotopic (exact) mass is 379 g/mol. The Hall–Kier alpha value is -0.980. The second-order valence-electron chi connectivity index (χ2n) is 4.17. The van der Waals surface area contributed by atoms with Gasteiger partial charge in [-0.2, -0.15) is 0 Å². The van der Waals surface area contributed by atoms with Gasteiger partial charge in [0, 0.05) is 13.6 Å². The minimum Gasteiger partial charge on any atom is -0.337 e. The molecule has 106 valence electrons. The summed E-state index contributed by atoms with van der Waals surface area (Å²) in [5.74, 6) is -2.25. The van der Waals surface area contributed by atoms with Crippen LogP contribution in [-0.4, -0.2) is 17.9 Å². The zero-order valence-electron chi connectivity index (χ0n) is 10.3. The summed E-state index contributed by atoms with van der Waals surface area (Å²) < 4.78 is 28.0. The van der Waals surface area contributed by atoms with Crippen LogP contribution in [0.5, 0.6) is 0 Å². The molecule has 0 N–H and O–H groups in total. The van der Waals surface area contributed by atoms with Gasteiger partial charge in [0.15, 0.2) is 0 Å². The maximum atomic E-state index is 13.7. The third-order valence-electron chi connectivity index (χ3n) is 2.63. The van der Waals surface area contributed by atoms with E-state index in [2.05, 4.69) is 15.9 Å². The van der Waals surface area contributed by atoms with E-state index in [0.29, 0.717) is 6.54 Å². The van der Waals surface area contributed by atoms with Crippen molar-refractivity contribution in [1.29, 1.82) is 0 Å². The fourth-order valence-electron chi connectivity index (χ4n) is 1.67. The largest absolute Gasteiger partial charge is 0.337 e. The summed E-state index contributed by atoms with van der Waals surface area (Å²) >= 11 is 10.3. The van der Waals surface area contributed by atoms with Gasteiger partial charge in [-0.05, 0) is 45.1 Å². The molecule has 20 heavy (non-hydrogen) atoms. The van der Waals surface area contributed by atoms with Crippen LogP contribution in [0.4, 0.5) is 8.78 Å². The van der Waals surface area contributed by atoms with Crippen LogP contribution in [0.15, 0.2) is 27.4 Å². The smallest absolute Gasteiger partial charge is 0.256 e. The molecule has 2 nitrogen and oxygen atoms in total. The molecule has 1 aromatic carbocycles. The molecule has 2 rings (SSSR count). The number of carbonyl (C=O) groups excluding carboxylic acids is 1. The van der Waals surface area contributed by atoms with Crippen molar-refractivity contribution in [3.05, 3.63) is 55.1 Å². The lowest BCUT2D eigenvalue weighted by Crippen LogP contribution is -2.27. The summed E-state index contributed by atoms with van der Waals surface area (Å²) in [6, 6.07) is 3.49. The van der Waals surface area contributed by atoms with E-state index >= 15 is 0 Å². The third kappa shape index (κ3) is 3.37. The number of carbonyl (C=O) groups is 1. The number of hydrogen-bond donors (Lipinski definition) is 0. The van der Waals surface area contributed by atoms with Crippen LogP contribution in [0.3, 0.4) is 0 Å². The average Bonchev–Trinajstić information content (AvgIpc) is 2.78. The predicted molar refractivity (Wildman–Crippen MR) is 79.2 cm³/mol. The highest BCUT2D eigenvalue weighted by Crippen LogP contribution is 2.23. The van der Waals surface area contributed by atoms with Gasteiger partial charge >= 0.3 is 0 Å². The second kappa shape index (κ2) is 6.20. The molecule has 0 unspecified atom stereocenters. The van der Waals surface area contributed by atoms with Crippen LogP contribution < -0.4 is 0 Å². The van der Waals surface area contributed by atoms with Crippen molar-refractivity contribution in [3.63, 3.8) is 0 Å². The number of hydrogen-bond acceptors (Lipinski definition) is 2. The summed E-state index contributed by atoms with van der Waals surface area (Å²) in [5.41, 5.74) is 0.580. The molecule has 7 heteroatoms. The van der Waals surface area contributed by atoms with Crippen LogP contribution in [-0.2, 0) is 6.54 Å². The maximum absolute atomic E-state index is 13.7. The summed E-state index contributed by atoms with van der Waals surface area (Å²) in [5, 5.41) is 1.54. The van der Waals surface area contributed by atoms with Crippen molar-refractivity contribution >= 4 is 44.8 Å². The minimum absolute atomic E-state index is 0.310. The summed E-state index contributed by atoms with van der Waals surface area (Å²) in [7, 11) is 1.53. The molecule has 1 heterocycles. The zero-order chi connectivity index (χ0) is 14.9. The molecule has 0 radical (unpaired) electrons. The molecule has 0 saturated carbocycles.